The lowest BCUT2D eigenvalue weighted by atomic mass is 9.78. The molecule has 0 bridgehead atoms. The number of nitrogens with zero attached hydrogens (tertiary/aromatic N) is 5. The molecule has 1 saturated heterocycles. The summed E-state index contributed by atoms with van der Waals surface area (Å²) in [5.41, 5.74) is 1.09. The quantitative estimate of drug-likeness (QED) is 0.273. The van der Waals surface area contributed by atoms with Crippen molar-refractivity contribution < 1.29 is 9.53 Å². The lowest BCUT2D eigenvalue weighted by molar-refractivity contribution is -0.141. The molecule has 1 N–H and O–H groups in total. The van der Waals surface area contributed by atoms with Crippen molar-refractivity contribution in [2.75, 3.05) is 26.7 Å². The summed E-state index contributed by atoms with van der Waals surface area (Å²) in [5, 5.41) is 11.4. The van der Waals surface area contributed by atoms with Crippen molar-refractivity contribution in [2.24, 2.45) is 10.4 Å². The fourth-order valence-corrected chi connectivity index (χ4v) is 3.57. The average molecular weight is 492 g/mol. The van der Waals surface area contributed by atoms with E-state index in [1.165, 1.54) is 37.5 Å². The predicted octanol–water partition coefficient (Wildman–Crippen LogP) is 2.44. The van der Waals surface area contributed by atoms with Crippen molar-refractivity contribution in [3.8, 4) is 0 Å². The van der Waals surface area contributed by atoms with Gasteiger partial charge in [0.2, 0.25) is 0 Å². The molecule has 27 heavy (non-hydrogen) atoms. The molecule has 0 radical (unpaired) electrons. The van der Waals surface area contributed by atoms with Crippen LogP contribution in [0.1, 0.15) is 52.1 Å². The zero-order valence-electron chi connectivity index (χ0n) is 16.9. The minimum absolute atomic E-state index is 0. The van der Waals surface area contributed by atoms with Crippen molar-refractivity contribution in [1.29, 1.82) is 0 Å². The van der Waals surface area contributed by atoms with E-state index in [-0.39, 0.29) is 36.5 Å². The largest absolute Gasteiger partial charge is 0.468 e. The smallest absolute Gasteiger partial charge is 0.327 e. The van der Waals surface area contributed by atoms with Crippen LogP contribution in [0.25, 0.3) is 0 Å². The molecule has 2 rings (SSSR count). The van der Waals surface area contributed by atoms with Gasteiger partial charge in [0, 0.05) is 19.6 Å². The number of halogens is 1. The highest BCUT2D eigenvalue weighted by Crippen LogP contribution is 2.33. The number of nitrogens with one attached hydrogen (secondary N) is 1. The Bertz CT molecular complexity index is 617. The monoisotopic (exact) mass is 492 g/mol. The number of carbonyl (C=O) groups is 1. The third-order valence-electron chi connectivity index (χ3n) is 4.76. The summed E-state index contributed by atoms with van der Waals surface area (Å²) >= 11 is 0. The molecule has 1 fully saturated rings. The zero-order valence-corrected chi connectivity index (χ0v) is 19.2. The Morgan fingerprint density at radius 2 is 2.22 bits per heavy atom. The molecule has 2 heterocycles. The highest BCUT2D eigenvalue weighted by molar-refractivity contribution is 14.0. The number of ether oxygens (including phenoxy) is 1. The van der Waals surface area contributed by atoms with Crippen LogP contribution in [0, 0.1) is 5.41 Å². The maximum Gasteiger partial charge on any atom is 0.327 e. The van der Waals surface area contributed by atoms with Gasteiger partial charge in [-0.15, -0.1) is 29.1 Å². The van der Waals surface area contributed by atoms with Crippen molar-refractivity contribution >= 4 is 35.9 Å². The third-order valence-corrected chi connectivity index (χ3v) is 4.76. The summed E-state index contributed by atoms with van der Waals surface area (Å²) in [5.74, 6) is 0.582. The number of guanidine groups is 1. The summed E-state index contributed by atoms with van der Waals surface area (Å²) in [6.07, 6.45) is 6.66. The number of methoxy groups -OCH3 is 1. The van der Waals surface area contributed by atoms with Crippen molar-refractivity contribution in [2.45, 2.75) is 59.5 Å². The molecule has 154 valence electrons. The van der Waals surface area contributed by atoms with Crippen molar-refractivity contribution in [3.05, 3.63) is 11.9 Å². The van der Waals surface area contributed by atoms with Gasteiger partial charge < -0.3 is 15.0 Å². The molecule has 0 amide bonds. The molecule has 1 aromatic heterocycles. The van der Waals surface area contributed by atoms with E-state index in [0.29, 0.717) is 12.0 Å². The molecule has 9 heteroatoms. The number of aliphatic imine (C=N–C) groups is 1. The van der Waals surface area contributed by atoms with E-state index in [0.717, 1.165) is 31.3 Å². The first-order valence-electron chi connectivity index (χ1n) is 9.48. The van der Waals surface area contributed by atoms with Crippen LogP contribution < -0.4 is 5.32 Å². The number of carbonyl (C=O) groups excluding carboxylic acids is 1. The predicted molar refractivity (Wildman–Crippen MR) is 116 cm³/mol. The van der Waals surface area contributed by atoms with Gasteiger partial charge in [0.1, 0.15) is 12.2 Å². The van der Waals surface area contributed by atoms with Gasteiger partial charge >= 0.3 is 5.97 Å². The lowest BCUT2D eigenvalue weighted by Crippen LogP contribution is -2.49. The van der Waals surface area contributed by atoms with E-state index in [2.05, 4.69) is 46.0 Å². The average Bonchev–Trinajstić information content (AvgIpc) is 3.05. The highest BCUT2D eigenvalue weighted by atomic mass is 127. The summed E-state index contributed by atoms with van der Waals surface area (Å²) in [6.45, 7) is 10.1. The Kier molecular flexibility index (Phi) is 10.0. The van der Waals surface area contributed by atoms with Crippen LogP contribution in [-0.2, 0) is 22.6 Å². The van der Waals surface area contributed by atoms with E-state index >= 15 is 0 Å². The standard InChI is InChI=1S/C18H32N6O2.HI/c1-5-8-18(3)9-7-10-23(14-18)17(19-6-2)20-11-15-12-24(22-21-15)13-16(25)26-4;/h12H,5-11,13-14H2,1-4H3,(H,19,20);1H. The molecule has 0 aliphatic carbocycles. The summed E-state index contributed by atoms with van der Waals surface area (Å²) < 4.78 is 6.12. The second-order valence-electron chi connectivity index (χ2n) is 7.24. The topological polar surface area (TPSA) is 84.6 Å². The Morgan fingerprint density at radius 1 is 1.44 bits per heavy atom. The zero-order chi connectivity index (χ0) is 19.0. The first-order chi connectivity index (χ1) is 12.5. The summed E-state index contributed by atoms with van der Waals surface area (Å²) in [4.78, 5) is 18.4. The van der Waals surface area contributed by atoms with Crippen LogP contribution >= 0.6 is 24.0 Å². The number of piperidine rings is 1. The SMILES string of the molecule is CCCC1(C)CCCN(C(=NCc2cn(CC(=O)OC)nn2)NCC)C1.I. The number of esters is 1. The molecule has 1 aromatic rings. The maximum atomic E-state index is 11.3. The lowest BCUT2D eigenvalue weighted by Gasteiger charge is -2.42. The first kappa shape index (κ1) is 23.6. The minimum atomic E-state index is -0.346. The van der Waals surface area contributed by atoms with Gasteiger partial charge in [-0.25, -0.2) is 9.67 Å². The fraction of sp³-hybridized carbons (Fsp3) is 0.778. The Hall–Kier alpha value is -1.39. The highest BCUT2D eigenvalue weighted by Gasteiger charge is 2.31. The van der Waals surface area contributed by atoms with Crippen molar-refractivity contribution in [1.82, 2.24) is 25.2 Å². The summed E-state index contributed by atoms with van der Waals surface area (Å²) in [6, 6.07) is 0. The van der Waals surface area contributed by atoms with E-state index in [1.54, 1.807) is 6.20 Å². The van der Waals surface area contributed by atoms with E-state index in [1.807, 2.05) is 0 Å². The second-order valence-corrected chi connectivity index (χ2v) is 7.24. The van der Waals surface area contributed by atoms with Crippen LogP contribution in [0.2, 0.25) is 0 Å². The van der Waals surface area contributed by atoms with Gasteiger partial charge in [-0.05, 0) is 31.6 Å². The fourth-order valence-electron chi connectivity index (χ4n) is 3.57. The Morgan fingerprint density at radius 3 is 2.89 bits per heavy atom. The van der Waals surface area contributed by atoms with Gasteiger partial charge in [-0.3, -0.25) is 4.79 Å². The van der Waals surface area contributed by atoms with Crippen LogP contribution in [0.4, 0.5) is 0 Å². The number of hydrogen-bond acceptors (Lipinski definition) is 5. The summed E-state index contributed by atoms with van der Waals surface area (Å²) in [7, 11) is 1.36. The van der Waals surface area contributed by atoms with Gasteiger partial charge in [0.25, 0.3) is 0 Å². The van der Waals surface area contributed by atoms with Crippen molar-refractivity contribution in [3.63, 3.8) is 0 Å². The number of hydrogen-bond donors (Lipinski definition) is 1. The first-order valence-corrected chi connectivity index (χ1v) is 9.48. The van der Waals surface area contributed by atoms with Crippen LogP contribution in [0.3, 0.4) is 0 Å². The van der Waals surface area contributed by atoms with Gasteiger partial charge in [0.15, 0.2) is 5.96 Å². The molecule has 1 aliphatic rings. The van der Waals surface area contributed by atoms with Gasteiger partial charge in [-0.2, -0.15) is 0 Å². The van der Waals surface area contributed by atoms with Gasteiger partial charge in [0.05, 0.1) is 19.9 Å². The molecule has 0 spiro atoms. The number of rotatable bonds is 7. The van der Waals surface area contributed by atoms with E-state index < -0.39 is 0 Å². The molecule has 1 unspecified atom stereocenters. The Balaban J connectivity index is 0.00000364. The molecular formula is C18H33IN6O2. The molecule has 1 aliphatic heterocycles. The number of aromatic nitrogens is 3. The van der Waals surface area contributed by atoms with Crippen LogP contribution in [-0.4, -0.2) is 58.6 Å². The van der Waals surface area contributed by atoms with Gasteiger partial charge in [-0.1, -0.05) is 25.5 Å². The minimum Gasteiger partial charge on any atom is -0.468 e. The molecule has 8 nitrogen and oxygen atoms in total. The molecular weight excluding hydrogens is 459 g/mol. The molecule has 1 atom stereocenters. The van der Waals surface area contributed by atoms with E-state index in [9.17, 15) is 4.79 Å². The van der Waals surface area contributed by atoms with E-state index in [4.69, 9.17) is 4.99 Å². The Labute approximate surface area is 179 Å². The maximum absolute atomic E-state index is 11.3. The van der Waals surface area contributed by atoms with Crippen LogP contribution in [0.15, 0.2) is 11.2 Å². The third kappa shape index (κ3) is 7.27. The normalized spacial score (nSPS) is 20.1. The molecule has 0 aromatic carbocycles. The number of likely N-dealkylation sites (tertiary alicyclic amines) is 1. The van der Waals surface area contributed by atoms with Crippen LogP contribution in [0.5, 0.6) is 0 Å². The molecule has 0 saturated carbocycles. The second kappa shape index (κ2) is 11.5.